The molecular formula is C17H17FO3. The second kappa shape index (κ2) is 5.95. The number of carboxylic acid groups (broad SMARTS) is 1. The normalized spacial score (nSPS) is 10.5. The van der Waals surface area contributed by atoms with Gasteiger partial charge < -0.3 is 9.84 Å². The molecule has 0 radical (unpaired) electrons. The molecule has 110 valence electrons. The van der Waals surface area contributed by atoms with Gasteiger partial charge in [0.2, 0.25) is 0 Å². The summed E-state index contributed by atoms with van der Waals surface area (Å²) in [6.45, 7) is 6.17. The van der Waals surface area contributed by atoms with Gasteiger partial charge in [-0.3, -0.25) is 0 Å². The van der Waals surface area contributed by atoms with Gasteiger partial charge in [0.1, 0.15) is 23.7 Å². The van der Waals surface area contributed by atoms with E-state index in [1.54, 1.807) is 0 Å². The van der Waals surface area contributed by atoms with Crippen LogP contribution in [-0.2, 0) is 6.61 Å². The van der Waals surface area contributed by atoms with E-state index >= 15 is 0 Å². The van der Waals surface area contributed by atoms with E-state index in [1.165, 1.54) is 6.07 Å². The highest BCUT2D eigenvalue weighted by atomic mass is 19.1. The van der Waals surface area contributed by atoms with Crippen molar-refractivity contribution in [3.05, 3.63) is 64.0 Å². The molecule has 0 fully saturated rings. The molecule has 0 spiro atoms. The average Bonchev–Trinajstić information content (AvgIpc) is 2.37. The van der Waals surface area contributed by atoms with E-state index in [0.29, 0.717) is 0 Å². The van der Waals surface area contributed by atoms with Crippen LogP contribution in [0.1, 0.15) is 32.6 Å². The fourth-order valence-electron chi connectivity index (χ4n) is 2.38. The Labute approximate surface area is 123 Å². The lowest BCUT2D eigenvalue weighted by molar-refractivity contribution is 0.0691. The number of carbonyl (C=O) groups is 1. The lowest BCUT2D eigenvalue weighted by atomic mass is 10.0. The number of aryl methyl sites for hydroxylation is 3. The van der Waals surface area contributed by atoms with E-state index < -0.39 is 11.8 Å². The topological polar surface area (TPSA) is 46.5 Å². The minimum absolute atomic E-state index is 0.0428. The predicted molar refractivity (Wildman–Crippen MR) is 78.3 cm³/mol. The molecular weight excluding hydrogens is 271 g/mol. The molecule has 0 heterocycles. The molecule has 0 saturated heterocycles. The van der Waals surface area contributed by atoms with Gasteiger partial charge in [-0.25, -0.2) is 9.18 Å². The third kappa shape index (κ3) is 3.40. The molecule has 2 rings (SSSR count). The molecule has 0 unspecified atom stereocenters. The molecule has 0 bridgehead atoms. The summed E-state index contributed by atoms with van der Waals surface area (Å²) in [5.41, 5.74) is 4.24. The third-order valence-corrected chi connectivity index (χ3v) is 3.39. The van der Waals surface area contributed by atoms with Gasteiger partial charge in [-0.05, 0) is 49.6 Å². The van der Waals surface area contributed by atoms with E-state index in [4.69, 9.17) is 9.84 Å². The maximum absolute atomic E-state index is 13.3. The molecule has 4 heteroatoms. The summed E-state index contributed by atoms with van der Waals surface area (Å²) in [5.74, 6) is -1.61. The molecule has 0 aliphatic rings. The summed E-state index contributed by atoms with van der Waals surface area (Å²) in [5, 5.41) is 9.10. The van der Waals surface area contributed by atoms with Gasteiger partial charge in [0, 0.05) is 6.07 Å². The summed E-state index contributed by atoms with van der Waals surface area (Å²) >= 11 is 0. The van der Waals surface area contributed by atoms with E-state index in [-0.39, 0.29) is 17.9 Å². The standard InChI is InChI=1S/C17H17FO3/c1-10-6-11(2)15(12(3)7-10)9-21-16-8-13(18)4-5-14(16)17(19)20/h4-8H,9H2,1-3H3,(H,19,20). The number of rotatable bonds is 4. The minimum atomic E-state index is -1.14. The van der Waals surface area contributed by atoms with Crippen LogP contribution in [0, 0.1) is 26.6 Å². The largest absolute Gasteiger partial charge is 0.488 e. The maximum atomic E-state index is 13.3. The quantitative estimate of drug-likeness (QED) is 0.924. The van der Waals surface area contributed by atoms with E-state index in [0.717, 1.165) is 34.4 Å². The first-order valence-corrected chi connectivity index (χ1v) is 6.61. The Morgan fingerprint density at radius 3 is 2.33 bits per heavy atom. The van der Waals surface area contributed by atoms with E-state index in [2.05, 4.69) is 0 Å². The van der Waals surface area contributed by atoms with Crippen molar-refractivity contribution in [1.82, 2.24) is 0 Å². The van der Waals surface area contributed by atoms with Crippen molar-refractivity contribution in [2.45, 2.75) is 27.4 Å². The molecule has 0 aromatic heterocycles. The van der Waals surface area contributed by atoms with E-state index in [9.17, 15) is 9.18 Å². The molecule has 0 amide bonds. The van der Waals surface area contributed by atoms with Crippen LogP contribution in [0.15, 0.2) is 30.3 Å². The highest BCUT2D eigenvalue weighted by Crippen LogP contribution is 2.23. The number of carboxylic acids is 1. The van der Waals surface area contributed by atoms with E-state index in [1.807, 2.05) is 32.9 Å². The van der Waals surface area contributed by atoms with Gasteiger partial charge in [0.05, 0.1) is 0 Å². The zero-order valence-electron chi connectivity index (χ0n) is 12.2. The summed E-state index contributed by atoms with van der Waals surface area (Å²) < 4.78 is 18.8. The first-order chi connectivity index (χ1) is 9.88. The lowest BCUT2D eigenvalue weighted by Gasteiger charge is -2.14. The van der Waals surface area contributed by atoms with Gasteiger partial charge in [-0.2, -0.15) is 0 Å². The SMILES string of the molecule is Cc1cc(C)c(COc2cc(F)ccc2C(=O)O)c(C)c1. The number of benzene rings is 2. The number of ether oxygens (including phenoxy) is 1. The number of hydrogen-bond acceptors (Lipinski definition) is 2. The first kappa shape index (κ1) is 15.0. The number of halogens is 1. The predicted octanol–water partition coefficient (Wildman–Crippen LogP) is 4.03. The van der Waals surface area contributed by atoms with Gasteiger partial charge in [-0.1, -0.05) is 17.7 Å². The van der Waals surface area contributed by atoms with Crippen molar-refractivity contribution in [2.75, 3.05) is 0 Å². The summed E-state index contributed by atoms with van der Waals surface area (Å²) in [7, 11) is 0. The Morgan fingerprint density at radius 1 is 1.14 bits per heavy atom. The molecule has 1 N–H and O–H groups in total. The zero-order chi connectivity index (χ0) is 15.6. The monoisotopic (exact) mass is 288 g/mol. The second-order valence-corrected chi connectivity index (χ2v) is 5.11. The molecule has 3 nitrogen and oxygen atoms in total. The average molecular weight is 288 g/mol. The van der Waals surface area contributed by atoms with Gasteiger partial charge in [-0.15, -0.1) is 0 Å². The molecule has 0 saturated carbocycles. The van der Waals surface area contributed by atoms with Crippen LogP contribution >= 0.6 is 0 Å². The van der Waals surface area contributed by atoms with Crippen LogP contribution in [0.4, 0.5) is 4.39 Å². The number of aromatic carboxylic acids is 1. The number of hydrogen-bond donors (Lipinski definition) is 1. The minimum Gasteiger partial charge on any atom is -0.488 e. The Kier molecular flexibility index (Phi) is 4.26. The summed E-state index contributed by atoms with van der Waals surface area (Å²) in [6.07, 6.45) is 0. The Bertz CT molecular complexity index is 669. The van der Waals surface area contributed by atoms with Crippen molar-refractivity contribution in [1.29, 1.82) is 0 Å². The highest BCUT2D eigenvalue weighted by molar-refractivity contribution is 5.90. The Balaban J connectivity index is 2.28. The molecule has 0 aliphatic heterocycles. The molecule has 2 aromatic carbocycles. The fraction of sp³-hybridized carbons (Fsp3) is 0.235. The smallest absolute Gasteiger partial charge is 0.339 e. The highest BCUT2D eigenvalue weighted by Gasteiger charge is 2.13. The summed E-state index contributed by atoms with van der Waals surface area (Å²) in [4.78, 5) is 11.1. The van der Waals surface area contributed by atoms with Crippen LogP contribution in [0.5, 0.6) is 5.75 Å². The molecule has 0 atom stereocenters. The molecule has 0 aliphatic carbocycles. The van der Waals surface area contributed by atoms with Crippen LogP contribution in [0.2, 0.25) is 0 Å². The van der Waals surface area contributed by atoms with Crippen molar-refractivity contribution < 1.29 is 19.0 Å². The van der Waals surface area contributed by atoms with Crippen LogP contribution in [-0.4, -0.2) is 11.1 Å². The van der Waals surface area contributed by atoms with Crippen LogP contribution in [0.3, 0.4) is 0 Å². The maximum Gasteiger partial charge on any atom is 0.339 e. The first-order valence-electron chi connectivity index (χ1n) is 6.61. The van der Waals surface area contributed by atoms with Crippen molar-refractivity contribution >= 4 is 5.97 Å². The Morgan fingerprint density at radius 2 is 1.76 bits per heavy atom. The van der Waals surface area contributed by atoms with Crippen molar-refractivity contribution in [3.63, 3.8) is 0 Å². The van der Waals surface area contributed by atoms with Crippen molar-refractivity contribution in [2.24, 2.45) is 0 Å². The fourth-order valence-corrected chi connectivity index (χ4v) is 2.38. The zero-order valence-corrected chi connectivity index (χ0v) is 12.2. The van der Waals surface area contributed by atoms with Crippen LogP contribution < -0.4 is 4.74 Å². The van der Waals surface area contributed by atoms with Crippen molar-refractivity contribution in [3.8, 4) is 5.75 Å². The third-order valence-electron chi connectivity index (χ3n) is 3.39. The lowest BCUT2D eigenvalue weighted by Crippen LogP contribution is -2.06. The van der Waals surface area contributed by atoms with Gasteiger partial charge in [0.25, 0.3) is 0 Å². The van der Waals surface area contributed by atoms with Crippen LogP contribution in [0.25, 0.3) is 0 Å². The molecule has 21 heavy (non-hydrogen) atoms. The van der Waals surface area contributed by atoms with Gasteiger partial charge in [0.15, 0.2) is 0 Å². The Hall–Kier alpha value is -2.36. The second-order valence-electron chi connectivity index (χ2n) is 5.11. The summed E-state index contributed by atoms with van der Waals surface area (Å²) in [6, 6.07) is 7.49. The van der Waals surface area contributed by atoms with Gasteiger partial charge >= 0.3 is 5.97 Å². The molecule has 2 aromatic rings.